The summed E-state index contributed by atoms with van der Waals surface area (Å²) < 4.78 is 10.0. The molecule has 1 saturated carbocycles. The molecule has 0 aromatic carbocycles. The van der Waals surface area contributed by atoms with Crippen molar-refractivity contribution >= 4 is 6.47 Å². The number of ether oxygens (including phenoxy) is 2. The van der Waals surface area contributed by atoms with Crippen LogP contribution in [-0.2, 0) is 14.3 Å². The maximum absolute atomic E-state index is 10.1. The maximum Gasteiger partial charge on any atom is 0.295 e. The number of carbonyl (C=O) groups excluding carboxylic acids is 1. The van der Waals surface area contributed by atoms with Gasteiger partial charge in [-0.15, -0.1) is 0 Å². The molecule has 3 atom stereocenters. The first-order valence-corrected chi connectivity index (χ1v) is 6.49. The number of carbonyl (C=O) groups is 1. The molecule has 0 N–H and O–H groups in total. The van der Waals surface area contributed by atoms with Crippen LogP contribution in [0.5, 0.6) is 0 Å². The SMILES string of the molecule is C=C1CC(C)CC(CCCOC(C)OC=O)C1. The van der Waals surface area contributed by atoms with Gasteiger partial charge in [0, 0.05) is 0 Å². The highest BCUT2D eigenvalue weighted by molar-refractivity contribution is 5.37. The number of rotatable bonds is 7. The quantitative estimate of drug-likeness (QED) is 0.296. The predicted molar refractivity (Wildman–Crippen MR) is 67.4 cm³/mol. The van der Waals surface area contributed by atoms with Gasteiger partial charge in [-0.3, -0.25) is 4.79 Å². The second kappa shape index (κ2) is 7.49. The molecule has 0 radical (unpaired) electrons. The van der Waals surface area contributed by atoms with Crippen LogP contribution in [0.15, 0.2) is 12.2 Å². The van der Waals surface area contributed by atoms with Crippen LogP contribution in [0.1, 0.15) is 46.0 Å². The van der Waals surface area contributed by atoms with Crippen molar-refractivity contribution in [2.75, 3.05) is 6.61 Å². The third-order valence-corrected chi connectivity index (χ3v) is 3.31. The van der Waals surface area contributed by atoms with Crippen LogP contribution in [0, 0.1) is 11.8 Å². The molecule has 1 aliphatic carbocycles. The molecule has 0 aliphatic heterocycles. The van der Waals surface area contributed by atoms with Crippen LogP contribution in [0.2, 0.25) is 0 Å². The van der Waals surface area contributed by atoms with Crippen molar-refractivity contribution in [3.05, 3.63) is 12.2 Å². The molecule has 0 saturated heterocycles. The van der Waals surface area contributed by atoms with E-state index in [9.17, 15) is 4.79 Å². The standard InChI is InChI=1S/C14H24O3/c1-11-7-12(2)9-14(8-11)5-4-6-16-13(3)17-10-15/h10,12-14H,1,4-9H2,2-3H3. The minimum absolute atomic E-state index is 0.423. The summed E-state index contributed by atoms with van der Waals surface area (Å²) in [6.07, 6.45) is 5.45. The Bertz CT molecular complexity index is 250. The highest BCUT2D eigenvalue weighted by atomic mass is 16.7. The molecule has 0 amide bonds. The van der Waals surface area contributed by atoms with Crippen LogP contribution in [0.25, 0.3) is 0 Å². The summed E-state index contributed by atoms with van der Waals surface area (Å²) in [5.41, 5.74) is 1.40. The molecule has 98 valence electrons. The van der Waals surface area contributed by atoms with Crippen molar-refractivity contribution in [3.8, 4) is 0 Å². The van der Waals surface area contributed by atoms with Gasteiger partial charge in [0.05, 0.1) is 6.61 Å². The first-order valence-electron chi connectivity index (χ1n) is 6.49. The smallest absolute Gasteiger partial charge is 0.295 e. The molecular weight excluding hydrogens is 216 g/mol. The number of hydrogen-bond donors (Lipinski definition) is 0. The van der Waals surface area contributed by atoms with Gasteiger partial charge in [-0.1, -0.05) is 19.1 Å². The van der Waals surface area contributed by atoms with Crippen molar-refractivity contribution in [1.29, 1.82) is 0 Å². The van der Waals surface area contributed by atoms with Crippen molar-refractivity contribution < 1.29 is 14.3 Å². The fourth-order valence-corrected chi connectivity index (χ4v) is 2.68. The van der Waals surface area contributed by atoms with E-state index in [0.717, 1.165) is 18.3 Å². The highest BCUT2D eigenvalue weighted by Gasteiger charge is 2.20. The van der Waals surface area contributed by atoms with Crippen molar-refractivity contribution in [2.24, 2.45) is 11.8 Å². The first-order chi connectivity index (χ1) is 8.11. The van der Waals surface area contributed by atoms with E-state index in [4.69, 9.17) is 4.74 Å². The van der Waals surface area contributed by atoms with Crippen LogP contribution in [0.3, 0.4) is 0 Å². The van der Waals surface area contributed by atoms with E-state index in [-0.39, 0.29) is 0 Å². The fraction of sp³-hybridized carbons (Fsp3) is 0.786. The maximum atomic E-state index is 10.1. The fourth-order valence-electron chi connectivity index (χ4n) is 2.68. The van der Waals surface area contributed by atoms with Gasteiger partial charge >= 0.3 is 0 Å². The Labute approximate surface area is 104 Å². The lowest BCUT2D eigenvalue weighted by atomic mass is 9.78. The first kappa shape index (κ1) is 14.2. The molecule has 3 unspecified atom stereocenters. The molecular formula is C14H24O3. The lowest BCUT2D eigenvalue weighted by Gasteiger charge is -2.28. The lowest BCUT2D eigenvalue weighted by Crippen LogP contribution is -2.17. The molecule has 0 heterocycles. The third kappa shape index (κ3) is 5.87. The number of allylic oxidation sites excluding steroid dienone is 1. The van der Waals surface area contributed by atoms with Gasteiger partial charge in [0.15, 0.2) is 6.29 Å². The average Bonchev–Trinajstić information content (AvgIpc) is 2.23. The van der Waals surface area contributed by atoms with E-state index in [1.165, 1.54) is 31.3 Å². The van der Waals surface area contributed by atoms with Gasteiger partial charge in [0.25, 0.3) is 6.47 Å². The van der Waals surface area contributed by atoms with Gasteiger partial charge in [-0.05, 0) is 50.9 Å². The van der Waals surface area contributed by atoms with Gasteiger partial charge in [-0.2, -0.15) is 0 Å². The summed E-state index contributed by atoms with van der Waals surface area (Å²) in [6, 6.07) is 0. The molecule has 0 aromatic rings. The van der Waals surface area contributed by atoms with E-state index >= 15 is 0 Å². The van der Waals surface area contributed by atoms with Crippen molar-refractivity contribution in [3.63, 3.8) is 0 Å². The molecule has 17 heavy (non-hydrogen) atoms. The molecule has 1 fully saturated rings. The Morgan fingerprint density at radius 2 is 2.29 bits per heavy atom. The third-order valence-electron chi connectivity index (χ3n) is 3.31. The summed E-state index contributed by atoms with van der Waals surface area (Å²) >= 11 is 0. The molecule has 0 aromatic heterocycles. The summed E-state index contributed by atoms with van der Waals surface area (Å²) in [6.45, 7) is 9.23. The molecule has 3 heteroatoms. The Morgan fingerprint density at radius 3 is 2.94 bits per heavy atom. The largest absolute Gasteiger partial charge is 0.438 e. The Kier molecular flexibility index (Phi) is 6.27. The van der Waals surface area contributed by atoms with Crippen molar-refractivity contribution in [2.45, 2.75) is 52.2 Å². The normalized spacial score (nSPS) is 26.6. The molecule has 0 bridgehead atoms. The van der Waals surface area contributed by atoms with Crippen LogP contribution >= 0.6 is 0 Å². The van der Waals surface area contributed by atoms with Gasteiger partial charge in [-0.25, -0.2) is 0 Å². The summed E-state index contributed by atoms with van der Waals surface area (Å²) in [7, 11) is 0. The van der Waals surface area contributed by atoms with E-state index < -0.39 is 6.29 Å². The number of hydrogen-bond acceptors (Lipinski definition) is 3. The predicted octanol–water partition coefficient (Wildman–Crippen LogP) is 3.29. The second-order valence-corrected chi connectivity index (χ2v) is 5.18. The van der Waals surface area contributed by atoms with Crippen molar-refractivity contribution in [1.82, 2.24) is 0 Å². The zero-order valence-electron chi connectivity index (χ0n) is 11.0. The lowest BCUT2D eigenvalue weighted by molar-refractivity contribution is -0.159. The molecule has 3 nitrogen and oxygen atoms in total. The average molecular weight is 240 g/mol. The minimum atomic E-state index is -0.423. The zero-order chi connectivity index (χ0) is 12.7. The topological polar surface area (TPSA) is 35.5 Å². The Morgan fingerprint density at radius 1 is 1.53 bits per heavy atom. The molecule has 1 aliphatic rings. The summed E-state index contributed by atoms with van der Waals surface area (Å²) in [5, 5.41) is 0. The zero-order valence-corrected chi connectivity index (χ0v) is 11.0. The van der Waals surface area contributed by atoms with E-state index in [1.807, 2.05) is 0 Å². The Hall–Kier alpha value is -0.830. The van der Waals surface area contributed by atoms with E-state index in [2.05, 4.69) is 18.2 Å². The van der Waals surface area contributed by atoms with E-state index in [1.54, 1.807) is 6.92 Å². The van der Waals surface area contributed by atoms with Crippen LogP contribution < -0.4 is 0 Å². The molecule has 1 rings (SSSR count). The Balaban J connectivity index is 2.09. The second-order valence-electron chi connectivity index (χ2n) is 5.18. The summed E-state index contributed by atoms with van der Waals surface area (Å²) in [5.74, 6) is 1.54. The molecule has 0 spiro atoms. The van der Waals surface area contributed by atoms with Gasteiger partial charge in [0.1, 0.15) is 0 Å². The minimum Gasteiger partial charge on any atom is -0.438 e. The van der Waals surface area contributed by atoms with Gasteiger partial charge in [0.2, 0.25) is 0 Å². The van der Waals surface area contributed by atoms with Crippen LogP contribution in [-0.4, -0.2) is 19.4 Å². The highest BCUT2D eigenvalue weighted by Crippen LogP contribution is 2.34. The monoisotopic (exact) mass is 240 g/mol. The van der Waals surface area contributed by atoms with Gasteiger partial charge < -0.3 is 9.47 Å². The van der Waals surface area contributed by atoms with Crippen LogP contribution in [0.4, 0.5) is 0 Å². The van der Waals surface area contributed by atoms with E-state index in [0.29, 0.717) is 13.1 Å². The summed E-state index contributed by atoms with van der Waals surface area (Å²) in [4.78, 5) is 10.1.